The van der Waals surface area contributed by atoms with Crippen LogP contribution < -0.4 is 0 Å². The number of rotatable bonds is 1. The average Bonchev–Trinajstić information content (AvgIpc) is 1.65. The smallest absolute Gasteiger partial charge is 0.114 e. The fourth-order valence-corrected chi connectivity index (χ4v) is 0.214. The second kappa shape index (κ2) is 3.64. The highest BCUT2D eigenvalue weighted by Gasteiger charge is 1.90. The Hall–Kier alpha value is 0.660. The van der Waals surface area contributed by atoms with Crippen LogP contribution in [0.15, 0.2) is 8.96 Å². The first-order chi connectivity index (χ1) is 3.18. The third kappa shape index (κ3) is 3.26. The van der Waals surface area contributed by atoms with Crippen molar-refractivity contribution in [3.8, 4) is 0 Å². The topological polar surface area (TPSA) is 19.9 Å². The van der Waals surface area contributed by atoms with E-state index in [9.17, 15) is 5.11 Å². The van der Waals surface area contributed by atoms with Gasteiger partial charge in [0.05, 0.1) is 0 Å². The van der Waals surface area contributed by atoms with Gasteiger partial charge in [-0.05, 0) is 6.92 Å². The van der Waals surface area contributed by atoms with Gasteiger partial charge in [-0.3, -0.25) is 0 Å². The lowest BCUT2D eigenvalue weighted by Gasteiger charge is -1.87. The molecule has 0 saturated heterocycles. The van der Waals surface area contributed by atoms with Crippen molar-refractivity contribution < 1.29 is 5.11 Å². The molecule has 1 radical (unpaired) electrons. The largest absolute Gasteiger partial charge is 0.231 e. The minimum absolute atomic E-state index is 0.183. The van der Waals surface area contributed by atoms with E-state index in [1.807, 2.05) is 6.92 Å². The Balaban J connectivity index is 3.72. The molecule has 0 amide bonds. The van der Waals surface area contributed by atoms with Gasteiger partial charge >= 0.3 is 0 Å². The number of hydrogen-bond acceptors (Lipinski definition) is 0. The normalized spacial score (nSPS) is 13.7. The zero-order valence-electron chi connectivity index (χ0n) is 3.87. The van der Waals surface area contributed by atoms with Gasteiger partial charge in [0.2, 0.25) is 0 Å². The minimum Gasteiger partial charge on any atom is -0.231 e. The van der Waals surface area contributed by atoms with Crippen LogP contribution in [0.4, 0.5) is 0 Å². The van der Waals surface area contributed by atoms with Crippen molar-refractivity contribution in [2.75, 3.05) is 6.61 Å². The number of allylic oxidation sites excluding steroid dienone is 1. The van der Waals surface area contributed by atoms with E-state index < -0.39 is 0 Å². The molecule has 0 aliphatic rings. The van der Waals surface area contributed by atoms with Crippen LogP contribution in [0.1, 0.15) is 6.92 Å². The summed E-state index contributed by atoms with van der Waals surface area (Å²) in [7, 11) is 0. The van der Waals surface area contributed by atoms with Gasteiger partial charge in [-0.15, -0.1) is 0 Å². The van der Waals surface area contributed by atoms with Crippen LogP contribution in [0, 0.1) is 0 Å². The van der Waals surface area contributed by atoms with E-state index in [-0.39, 0.29) is 6.61 Å². The molecule has 0 aliphatic carbocycles. The molecule has 0 aromatic heterocycles. The van der Waals surface area contributed by atoms with Crippen molar-refractivity contribution >= 4 is 31.9 Å². The molecule has 0 unspecified atom stereocenters. The summed E-state index contributed by atoms with van der Waals surface area (Å²) in [6, 6.07) is 0. The third-order valence-corrected chi connectivity index (χ3v) is 2.33. The molecule has 3 heteroatoms. The van der Waals surface area contributed by atoms with E-state index in [1.54, 1.807) is 0 Å². The Morgan fingerprint density at radius 3 is 2.00 bits per heavy atom. The van der Waals surface area contributed by atoms with Crippen molar-refractivity contribution in [3.05, 3.63) is 8.96 Å². The van der Waals surface area contributed by atoms with E-state index in [2.05, 4.69) is 31.9 Å². The van der Waals surface area contributed by atoms with Gasteiger partial charge < -0.3 is 0 Å². The predicted octanol–water partition coefficient (Wildman–Crippen LogP) is 2.44. The van der Waals surface area contributed by atoms with Crippen molar-refractivity contribution in [2.45, 2.75) is 6.92 Å². The van der Waals surface area contributed by atoms with Gasteiger partial charge in [-0.25, -0.2) is 5.11 Å². The fraction of sp³-hybridized carbons (Fsp3) is 0.500. The molecule has 0 heterocycles. The van der Waals surface area contributed by atoms with Crippen LogP contribution in [0.5, 0.6) is 0 Å². The third-order valence-electron chi connectivity index (χ3n) is 0.501. The number of halogens is 2. The molecule has 0 atom stereocenters. The van der Waals surface area contributed by atoms with Crippen LogP contribution in [-0.4, -0.2) is 6.61 Å². The van der Waals surface area contributed by atoms with Crippen LogP contribution in [0.3, 0.4) is 0 Å². The quantitative estimate of drug-likeness (QED) is 0.657. The molecule has 0 fully saturated rings. The van der Waals surface area contributed by atoms with Gasteiger partial charge in [-0.2, -0.15) is 0 Å². The molecule has 0 spiro atoms. The maximum absolute atomic E-state index is 9.94. The summed E-state index contributed by atoms with van der Waals surface area (Å²) in [6.45, 7) is 1.64. The van der Waals surface area contributed by atoms with E-state index in [0.717, 1.165) is 4.48 Å². The molecule has 0 aromatic carbocycles. The zero-order valence-corrected chi connectivity index (χ0v) is 7.04. The summed E-state index contributed by atoms with van der Waals surface area (Å²) in [4.78, 5) is 0. The van der Waals surface area contributed by atoms with Gasteiger partial charge in [0, 0.05) is 8.96 Å². The second-order valence-electron chi connectivity index (χ2n) is 1.08. The van der Waals surface area contributed by atoms with Gasteiger partial charge in [0.25, 0.3) is 0 Å². The van der Waals surface area contributed by atoms with Gasteiger partial charge in [-0.1, -0.05) is 31.9 Å². The molecule has 0 saturated carbocycles. The minimum atomic E-state index is -0.183. The lowest BCUT2D eigenvalue weighted by Crippen LogP contribution is -1.77. The highest BCUT2D eigenvalue weighted by atomic mass is 79.9. The first-order valence-electron chi connectivity index (χ1n) is 1.77. The monoisotopic (exact) mass is 227 g/mol. The van der Waals surface area contributed by atoms with Crippen molar-refractivity contribution in [2.24, 2.45) is 0 Å². The summed E-state index contributed by atoms with van der Waals surface area (Å²) in [5, 5.41) is 9.94. The van der Waals surface area contributed by atoms with Crippen LogP contribution >= 0.6 is 31.9 Å². The standard InChI is InChI=1S/C4H5Br2O/c1-3(5)4(6)2-7/h2H2,1H3/b4-3+. The maximum atomic E-state index is 9.94. The Labute approximate surface area is 59.7 Å². The highest BCUT2D eigenvalue weighted by Crippen LogP contribution is 2.15. The molecular formula is C4H5Br2O. The average molecular weight is 229 g/mol. The molecule has 0 N–H and O–H groups in total. The van der Waals surface area contributed by atoms with E-state index in [0.29, 0.717) is 4.48 Å². The van der Waals surface area contributed by atoms with E-state index in [4.69, 9.17) is 0 Å². The van der Waals surface area contributed by atoms with Crippen LogP contribution in [0.25, 0.3) is 0 Å². The van der Waals surface area contributed by atoms with Crippen LogP contribution in [0.2, 0.25) is 0 Å². The molecular weight excluding hydrogens is 224 g/mol. The molecule has 0 aliphatic heterocycles. The number of hydrogen-bond donors (Lipinski definition) is 0. The van der Waals surface area contributed by atoms with Crippen molar-refractivity contribution in [1.29, 1.82) is 0 Å². The Morgan fingerprint density at radius 1 is 1.57 bits per heavy atom. The van der Waals surface area contributed by atoms with Crippen molar-refractivity contribution in [1.82, 2.24) is 0 Å². The molecule has 41 valence electrons. The summed E-state index contributed by atoms with van der Waals surface area (Å²) >= 11 is 6.19. The lowest BCUT2D eigenvalue weighted by molar-refractivity contribution is 0.230. The maximum Gasteiger partial charge on any atom is 0.114 e. The summed E-state index contributed by atoms with van der Waals surface area (Å²) in [5.41, 5.74) is 0. The molecule has 0 aromatic rings. The molecule has 0 bridgehead atoms. The first-order valence-corrected chi connectivity index (χ1v) is 3.36. The molecule has 0 rings (SSSR count). The van der Waals surface area contributed by atoms with E-state index >= 15 is 0 Å². The zero-order chi connectivity index (χ0) is 5.86. The predicted molar refractivity (Wildman–Crippen MR) is 36.1 cm³/mol. The molecule has 7 heavy (non-hydrogen) atoms. The van der Waals surface area contributed by atoms with E-state index in [1.165, 1.54) is 0 Å². The van der Waals surface area contributed by atoms with Crippen molar-refractivity contribution in [3.63, 3.8) is 0 Å². The van der Waals surface area contributed by atoms with Gasteiger partial charge in [0.15, 0.2) is 0 Å². The lowest BCUT2D eigenvalue weighted by atomic mass is 10.6. The SMILES string of the molecule is C/C(Br)=C(\Br)C[O]. The summed E-state index contributed by atoms with van der Waals surface area (Å²) < 4.78 is 1.56. The Bertz CT molecular complexity index is 83.7. The highest BCUT2D eigenvalue weighted by molar-refractivity contribution is 9.14. The summed E-state index contributed by atoms with van der Waals surface area (Å²) in [5.74, 6) is 0. The summed E-state index contributed by atoms with van der Waals surface area (Å²) in [6.07, 6.45) is 0. The Kier molecular flexibility index (Phi) is 3.98. The molecule has 1 nitrogen and oxygen atoms in total. The fourth-order valence-electron chi connectivity index (χ4n) is 0.0994. The van der Waals surface area contributed by atoms with Gasteiger partial charge in [0.1, 0.15) is 6.61 Å². The van der Waals surface area contributed by atoms with Crippen LogP contribution in [-0.2, 0) is 5.11 Å². The second-order valence-corrected chi connectivity index (χ2v) is 3.23. The first kappa shape index (κ1) is 7.66. The Morgan fingerprint density at radius 2 is 2.00 bits per heavy atom.